The molecule has 4 rings (SSSR count). The number of hydrogen-bond donors (Lipinski definition) is 0. The zero-order valence-corrected chi connectivity index (χ0v) is 19.4. The lowest BCUT2D eigenvalue weighted by atomic mass is 9.96. The van der Waals surface area contributed by atoms with Crippen LogP contribution in [0.5, 0.6) is 0 Å². The molecule has 0 radical (unpaired) electrons. The number of benzene rings is 2. The van der Waals surface area contributed by atoms with Gasteiger partial charge in [0.15, 0.2) is 5.78 Å². The van der Waals surface area contributed by atoms with Crippen LogP contribution in [0, 0.1) is 0 Å². The monoisotopic (exact) mass is 558 g/mol. The summed E-state index contributed by atoms with van der Waals surface area (Å²) in [6, 6.07) is 7.98. The molecule has 0 fully saturated rings. The van der Waals surface area contributed by atoms with Crippen LogP contribution >= 0.6 is 0 Å². The first kappa shape index (κ1) is 27.9. The molecule has 1 aliphatic rings. The zero-order valence-electron chi connectivity index (χ0n) is 19.4. The van der Waals surface area contributed by atoms with Crippen LogP contribution < -0.4 is 0 Å². The Morgan fingerprint density at radius 3 is 2.03 bits per heavy atom. The van der Waals surface area contributed by atoms with E-state index in [9.17, 15) is 49.1 Å². The maximum atomic E-state index is 13.8. The van der Waals surface area contributed by atoms with Gasteiger partial charge >= 0.3 is 18.5 Å². The van der Waals surface area contributed by atoms with E-state index in [-0.39, 0.29) is 48.5 Å². The van der Waals surface area contributed by atoms with E-state index in [1.54, 1.807) is 18.2 Å². The Hall–Kier alpha value is -4.16. The fourth-order valence-corrected chi connectivity index (χ4v) is 4.00. The van der Waals surface area contributed by atoms with Crippen molar-refractivity contribution in [2.45, 2.75) is 31.6 Å². The summed E-state index contributed by atoms with van der Waals surface area (Å²) in [4.78, 5) is 30.9. The summed E-state index contributed by atoms with van der Waals surface area (Å²) in [5.74, 6) is -1.74. The largest absolute Gasteiger partial charge is 0.417 e. The second-order valence-corrected chi connectivity index (χ2v) is 8.57. The lowest BCUT2D eigenvalue weighted by molar-refractivity contribution is -0.143. The van der Waals surface area contributed by atoms with Crippen molar-refractivity contribution in [3.63, 3.8) is 0 Å². The number of hydrogen-bond acceptors (Lipinski definition) is 3. The molecule has 4 nitrogen and oxygen atoms in total. The molecule has 2 aromatic carbocycles. The normalized spacial score (nSPS) is 14.5. The molecule has 0 spiro atoms. The molecular weight excluding hydrogens is 543 g/mol. The average molecular weight is 558 g/mol. The Bertz CT molecular complexity index is 1420. The number of carbonyl (C=O) groups is 2. The van der Waals surface area contributed by atoms with Gasteiger partial charge in [0.05, 0.1) is 28.9 Å². The topological polar surface area (TPSA) is 50.3 Å². The predicted octanol–water partition coefficient (Wildman–Crippen LogP) is 7.10. The standard InChI is InChI=1S/C26H15F9N2O2/c27-24(28,29)17-8-15(9-18(10-17)25(30,31)32)21(26(33,34)35)11-22(38)14-4-5-20-16(7-14)12-37(23(20)39)13-19-3-1-2-6-36-19/h1-11H,12-13H2/b21-11+. The zero-order chi connectivity index (χ0) is 28.8. The summed E-state index contributed by atoms with van der Waals surface area (Å²) in [7, 11) is 0. The first-order chi connectivity index (χ1) is 18.0. The Balaban J connectivity index is 1.70. The second kappa shape index (κ2) is 9.86. The van der Waals surface area contributed by atoms with Crippen molar-refractivity contribution in [2.75, 3.05) is 0 Å². The lowest BCUT2D eigenvalue weighted by Gasteiger charge is -2.17. The quantitative estimate of drug-likeness (QED) is 0.191. The van der Waals surface area contributed by atoms with Crippen molar-refractivity contribution >= 4 is 17.3 Å². The van der Waals surface area contributed by atoms with Gasteiger partial charge in [0.25, 0.3) is 5.91 Å². The summed E-state index contributed by atoms with van der Waals surface area (Å²) in [5.41, 5.74) is -6.67. The van der Waals surface area contributed by atoms with Gasteiger partial charge in [-0.05, 0) is 59.7 Å². The van der Waals surface area contributed by atoms with Crippen LogP contribution in [0.2, 0.25) is 0 Å². The predicted molar refractivity (Wildman–Crippen MR) is 119 cm³/mol. The van der Waals surface area contributed by atoms with Crippen molar-refractivity contribution in [1.82, 2.24) is 9.88 Å². The Morgan fingerprint density at radius 2 is 1.49 bits per heavy atom. The van der Waals surface area contributed by atoms with E-state index in [4.69, 9.17) is 0 Å². The molecule has 3 aromatic rings. The molecule has 39 heavy (non-hydrogen) atoms. The van der Waals surface area contributed by atoms with Crippen LogP contribution in [-0.4, -0.2) is 27.8 Å². The van der Waals surface area contributed by atoms with Gasteiger partial charge in [-0.2, -0.15) is 39.5 Å². The summed E-state index contributed by atoms with van der Waals surface area (Å²) >= 11 is 0. The second-order valence-electron chi connectivity index (χ2n) is 8.57. The molecule has 0 unspecified atom stereocenters. The summed E-state index contributed by atoms with van der Waals surface area (Å²) < 4.78 is 121. The molecule has 1 amide bonds. The number of amides is 1. The number of pyridine rings is 1. The van der Waals surface area contributed by atoms with Gasteiger partial charge in [-0.3, -0.25) is 14.6 Å². The number of halogens is 9. The van der Waals surface area contributed by atoms with Crippen LogP contribution in [0.15, 0.2) is 66.9 Å². The minimum atomic E-state index is -5.48. The third-order valence-corrected chi connectivity index (χ3v) is 5.83. The minimum Gasteiger partial charge on any atom is -0.328 e. The molecule has 1 aliphatic heterocycles. The first-order valence-corrected chi connectivity index (χ1v) is 11.0. The molecule has 204 valence electrons. The third kappa shape index (κ3) is 6.13. The van der Waals surface area contributed by atoms with Gasteiger partial charge in [-0.1, -0.05) is 12.1 Å². The van der Waals surface area contributed by atoms with Crippen molar-refractivity contribution in [3.8, 4) is 0 Å². The van der Waals surface area contributed by atoms with Crippen LogP contribution in [0.1, 0.15) is 48.7 Å². The van der Waals surface area contributed by atoms with E-state index >= 15 is 0 Å². The third-order valence-electron chi connectivity index (χ3n) is 5.83. The smallest absolute Gasteiger partial charge is 0.328 e. The van der Waals surface area contributed by atoms with E-state index in [0.29, 0.717) is 11.3 Å². The molecule has 2 heterocycles. The van der Waals surface area contributed by atoms with Crippen molar-refractivity contribution in [1.29, 1.82) is 0 Å². The molecule has 0 N–H and O–H groups in total. The van der Waals surface area contributed by atoms with Crippen molar-refractivity contribution in [3.05, 3.63) is 106 Å². The molecule has 1 aromatic heterocycles. The van der Waals surface area contributed by atoms with Crippen LogP contribution in [0.3, 0.4) is 0 Å². The molecule has 0 bridgehead atoms. The van der Waals surface area contributed by atoms with Gasteiger partial charge in [0, 0.05) is 23.9 Å². The highest BCUT2D eigenvalue weighted by molar-refractivity contribution is 6.10. The van der Waals surface area contributed by atoms with Gasteiger partial charge in [-0.25, -0.2) is 0 Å². The number of rotatable bonds is 5. The fourth-order valence-electron chi connectivity index (χ4n) is 4.00. The molecule has 0 saturated carbocycles. The summed E-state index contributed by atoms with van der Waals surface area (Å²) in [5, 5.41) is 0. The van der Waals surface area contributed by atoms with E-state index in [2.05, 4.69) is 4.98 Å². The number of nitrogens with zero attached hydrogens (tertiary/aromatic N) is 2. The highest BCUT2D eigenvalue weighted by Gasteiger charge is 2.41. The SMILES string of the molecule is O=C(/C=C(\c1cc(C(F)(F)F)cc(C(F)(F)F)c1)C(F)(F)F)c1ccc2c(c1)CN(Cc1ccccn1)C2=O. The average Bonchev–Trinajstić information content (AvgIpc) is 3.15. The molecule has 0 aliphatic carbocycles. The number of fused-ring (bicyclic) bond motifs is 1. The van der Waals surface area contributed by atoms with Crippen LogP contribution in [-0.2, 0) is 25.4 Å². The maximum Gasteiger partial charge on any atom is 0.417 e. The van der Waals surface area contributed by atoms with Gasteiger partial charge in [0.1, 0.15) is 0 Å². The Labute approximate surface area is 214 Å². The van der Waals surface area contributed by atoms with Crippen molar-refractivity contribution < 1.29 is 49.1 Å². The first-order valence-electron chi connectivity index (χ1n) is 11.0. The van der Waals surface area contributed by atoms with Gasteiger partial charge in [0.2, 0.25) is 0 Å². The molecule has 0 atom stereocenters. The number of aromatic nitrogens is 1. The number of allylic oxidation sites excluding steroid dienone is 2. The van der Waals surface area contributed by atoms with E-state index < -0.39 is 52.5 Å². The molecule has 13 heteroatoms. The van der Waals surface area contributed by atoms with E-state index in [1.807, 2.05) is 0 Å². The summed E-state index contributed by atoms with van der Waals surface area (Å²) in [6.07, 6.45) is -14.8. The van der Waals surface area contributed by atoms with Crippen LogP contribution in [0.25, 0.3) is 5.57 Å². The Kier molecular flexibility index (Phi) is 7.04. The van der Waals surface area contributed by atoms with Gasteiger partial charge in [-0.15, -0.1) is 0 Å². The molecule has 0 saturated heterocycles. The molecular formula is C26H15F9N2O2. The highest BCUT2D eigenvalue weighted by Crippen LogP contribution is 2.41. The van der Waals surface area contributed by atoms with Crippen molar-refractivity contribution in [2.24, 2.45) is 0 Å². The number of alkyl halides is 9. The lowest BCUT2D eigenvalue weighted by Crippen LogP contribution is -2.23. The van der Waals surface area contributed by atoms with Crippen LogP contribution in [0.4, 0.5) is 39.5 Å². The van der Waals surface area contributed by atoms with E-state index in [0.717, 1.165) is 12.1 Å². The van der Waals surface area contributed by atoms with E-state index in [1.165, 1.54) is 17.2 Å². The number of ketones is 1. The number of carbonyl (C=O) groups excluding carboxylic acids is 2. The minimum absolute atomic E-state index is 0.00424. The Morgan fingerprint density at radius 1 is 0.846 bits per heavy atom. The highest BCUT2D eigenvalue weighted by atomic mass is 19.4. The maximum absolute atomic E-state index is 13.8. The van der Waals surface area contributed by atoms with Gasteiger partial charge < -0.3 is 4.90 Å². The summed E-state index contributed by atoms with van der Waals surface area (Å²) in [6.45, 7) is 0.122. The fraction of sp³-hybridized carbons (Fsp3) is 0.192.